The van der Waals surface area contributed by atoms with Crippen LogP contribution < -0.4 is 10.0 Å². The van der Waals surface area contributed by atoms with E-state index in [4.69, 9.17) is 23.2 Å². The average molecular weight is 371 g/mol. The highest BCUT2D eigenvalue weighted by Crippen LogP contribution is 2.28. The fourth-order valence-electron chi connectivity index (χ4n) is 1.58. The topological polar surface area (TPSA) is 58.2 Å². The maximum absolute atomic E-state index is 12.3. The van der Waals surface area contributed by atoms with Crippen LogP contribution in [0.25, 0.3) is 0 Å². The number of hydrogen-bond donors (Lipinski definition) is 2. The molecule has 0 amide bonds. The van der Waals surface area contributed by atoms with Crippen LogP contribution in [0.1, 0.15) is 19.4 Å². The first-order chi connectivity index (χ1) is 9.77. The molecule has 8 heteroatoms. The fraction of sp³-hybridized carbons (Fsp3) is 0.538. The zero-order valence-electron chi connectivity index (χ0n) is 12.2. The fourth-order valence-corrected chi connectivity index (χ4v) is 3.91. The number of nitrogens with one attached hydrogen (secondary N) is 2. The predicted molar refractivity (Wildman–Crippen MR) is 92.0 cm³/mol. The van der Waals surface area contributed by atoms with Crippen LogP contribution in [0, 0.1) is 0 Å². The quantitative estimate of drug-likeness (QED) is 0.690. The minimum absolute atomic E-state index is 0.0650. The third kappa shape index (κ3) is 5.96. The van der Waals surface area contributed by atoms with E-state index in [0.29, 0.717) is 29.4 Å². The molecule has 0 aliphatic carbocycles. The summed E-state index contributed by atoms with van der Waals surface area (Å²) in [5, 5.41) is 3.79. The van der Waals surface area contributed by atoms with Crippen molar-refractivity contribution in [1.82, 2.24) is 10.0 Å². The zero-order valence-corrected chi connectivity index (χ0v) is 15.4. The summed E-state index contributed by atoms with van der Waals surface area (Å²) < 4.78 is 27.1. The maximum atomic E-state index is 12.3. The summed E-state index contributed by atoms with van der Waals surface area (Å²) in [6, 6.07) is 3.28. The standard InChI is InChI=1S/C13H20Cl2N2O2S2/c1-9(2)16-8-10-6-13(12(15)7-11(10)14)21(18,19)17-4-5-20-3/h6-7,9,16-17H,4-5,8H2,1-3H3. The Balaban J connectivity index is 3.03. The van der Waals surface area contributed by atoms with E-state index in [0.717, 1.165) is 0 Å². The SMILES string of the molecule is CSCCNS(=O)(=O)c1cc(CNC(C)C)c(Cl)cc1Cl. The third-order valence-electron chi connectivity index (χ3n) is 2.69. The Bertz CT molecular complexity index is 578. The molecule has 1 aromatic carbocycles. The second kappa shape index (κ2) is 8.60. The lowest BCUT2D eigenvalue weighted by Gasteiger charge is -2.13. The number of hydrogen-bond acceptors (Lipinski definition) is 4. The van der Waals surface area contributed by atoms with Gasteiger partial charge in [-0.2, -0.15) is 11.8 Å². The first-order valence-corrected chi connectivity index (χ1v) is 10.1. The molecule has 0 heterocycles. The molecule has 0 saturated carbocycles. The molecule has 0 saturated heterocycles. The van der Waals surface area contributed by atoms with Crippen LogP contribution >= 0.6 is 35.0 Å². The summed E-state index contributed by atoms with van der Waals surface area (Å²) in [4.78, 5) is 0.0650. The average Bonchev–Trinajstić information content (AvgIpc) is 2.37. The monoisotopic (exact) mass is 370 g/mol. The van der Waals surface area contributed by atoms with Crippen molar-refractivity contribution in [1.29, 1.82) is 0 Å². The number of rotatable bonds is 8. The van der Waals surface area contributed by atoms with Crippen molar-refractivity contribution in [3.05, 3.63) is 27.7 Å². The molecule has 0 radical (unpaired) electrons. The molecule has 0 atom stereocenters. The number of halogens is 2. The highest BCUT2D eigenvalue weighted by molar-refractivity contribution is 7.98. The van der Waals surface area contributed by atoms with E-state index in [9.17, 15) is 8.42 Å². The van der Waals surface area contributed by atoms with Crippen molar-refractivity contribution in [2.45, 2.75) is 31.3 Å². The van der Waals surface area contributed by atoms with Crippen LogP contribution in [0.5, 0.6) is 0 Å². The molecule has 0 aliphatic heterocycles. The molecule has 0 bridgehead atoms. The van der Waals surface area contributed by atoms with Crippen LogP contribution in [0.4, 0.5) is 0 Å². The molecule has 21 heavy (non-hydrogen) atoms. The molecule has 0 aliphatic rings. The molecule has 1 rings (SSSR count). The van der Waals surface area contributed by atoms with Crippen molar-refractivity contribution in [2.75, 3.05) is 18.6 Å². The van der Waals surface area contributed by atoms with Crippen molar-refractivity contribution in [3.8, 4) is 0 Å². The van der Waals surface area contributed by atoms with Gasteiger partial charge in [-0.25, -0.2) is 13.1 Å². The highest BCUT2D eigenvalue weighted by atomic mass is 35.5. The summed E-state index contributed by atoms with van der Waals surface area (Å²) in [7, 11) is -3.62. The summed E-state index contributed by atoms with van der Waals surface area (Å²) in [5.74, 6) is 0.701. The summed E-state index contributed by atoms with van der Waals surface area (Å²) >= 11 is 13.7. The molecule has 1 aromatic rings. The summed E-state index contributed by atoms with van der Waals surface area (Å²) in [6.45, 7) is 4.86. The lowest BCUT2D eigenvalue weighted by molar-refractivity contribution is 0.581. The van der Waals surface area contributed by atoms with Gasteiger partial charge in [0.15, 0.2) is 0 Å². The van der Waals surface area contributed by atoms with Gasteiger partial charge in [-0.15, -0.1) is 0 Å². The smallest absolute Gasteiger partial charge is 0.242 e. The number of benzene rings is 1. The van der Waals surface area contributed by atoms with Gasteiger partial charge >= 0.3 is 0 Å². The minimum atomic E-state index is -3.62. The lowest BCUT2D eigenvalue weighted by atomic mass is 10.2. The molecular formula is C13H20Cl2N2O2S2. The van der Waals surface area contributed by atoms with Crippen LogP contribution in [0.3, 0.4) is 0 Å². The van der Waals surface area contributed by atoms with Crippen LogP contribution in [-0.4, -0.2) is 33.0 Å². The van der Waals surface area contributed by atoms with Crippen LogP contribution in [-0.2, 0) is 16.6 Å². The second-order valence-electron chi connectivity index (χ2n) is 4.80. The van der Waals surface area contributed by atoms with Gasteiger partial charge in [0.1, 0.15) is 4.90 Å². The summed E-state index contributed by atoms with van der Waals surface area (Å²) in [5.41, 5.74) is 0.708. The Morgan fingerprint density at radius 2 is 1.90 bits per heavy atom. The van der Waals surface area contributed by atoms with E-state index in [1.165, 1.54) is 12.1 Å². The lowest BCUT2D eigenvalue weighted by Crippen LogP contribution is -2.27. The number of sulfonamides is 1. The molecule has 0 fully saturated rings. The highest BCUT2D eigenvalue weighted by Gasteiger charge is 2.19. The Morgan fingerprint density at radius 1 is 1.24 bits per heavy atom. The Labute approximate surface area is 141 Å². The maximum Gasteiger partial charge on any atom is 0.242 e. The van der Waals surface area contributed by atoms with E-state index in [1.807, 2.05) is 20.1 Å². The summed E-state index contributed by atoms with van der Waals surface area (Å²) in [6.07, 6.45) is 1.92. The van der Waals surface area contributed by atoms with E-state index in [1.54, 1.807) is 11.8 Å². The van der Waals surface area contributed by atoms with Crippen molar-refractivity contribution >= 4 is 45.0 Å². The minimum Gasteiger partial charge on any atom is -0.310 e. The largest absolute Gasteiger partial charge is 0.310 e. The van der Waals surface area contributed by atoms with Crippen LogP contribution in [0.15, 0.2) is 17.0 Å². The first kappa shape index (κ1) is 19.1. The molecule has 0 aromatic heterocycles. The van der Waals surface area contributed by atoms with Crippen molar-refractivity contribution < 1.29 is 8.42 Å². The van der Waals surface area contributed by atoms with E-state index in [2.05, 4.69) is 10.0 Å². The zero-order chi connectivity index (χ0) is 16.0. The van der Waals surface area contributed by atoms with Gasteiger partial charge in [0.05, 0.1) is 5.02 Å². The van der Waals surface area contributed by atoms with Gasteiger partial charge < -0.3 is 5.32 Å². The van der Waals surface area contributed by atoms with Crippen molar-refractivity contribution in [2.24, 2.45) is 0 Å². The molecule has 0 spiro atoms. The predicted octanol–water partition coefficient (Wildman–Crippen LogP) is 3.13. The Hall–Kier alpha value is 0.0200. The Kier molecular flexibility index (Phi) is 7.81. The van der Waals surface area contributed by atoms with Crippen LogP contribution in [0.2, 0.25) is 10.0 Å². The van der Waals surface area contributed by atoms with E-state index >= 15 is 0 Å². The normalized spacial score (nSPS) is 12.1. The van der Waals surface area contributed by atoms with Gasteiger partial charge in [-0.05, 0) is 24.0 Å². The Morgan fingerprint density at radius 3 is 2.48 bits per heavy atom. The molecule has 4 nitrogen and oxygen atoms in total. The van der Waals surface area contributed by atoms with Crippen molar-refractivity contribution in [3.63, 3.8) is 0 Å². The molecule has 120 valence electrons. The number of thioether (sulfide) groups is 1. The van der Waals surface area contributed by atoms with Gasteiger partial charge in [0, 0.05) is 29.9 Å². The van der Waals surface area contributed by atoms with E-state index < -0.39 is 10.0 Å². The van der Waals surface area contributed by atoms with Gasteiger partial charge in [0.25, 0.3) is 0 Å². The second-order valence-corrected chi connectivity index (χ2v) is 8.34. The van der Waals surface area contributed by atoms with Gasteiger partial charge in [-0.1, -0.05) is 37.0 Å². The molecule has 2 N–H and O–H groups in total. The molecule has 0 unspecified atom stereocenters. The van der Waals surface area contributed by atoms with Gasteiger partial charge in [0.2, 0.25) is 10.0 Å². The van der Waals surface area contributed by atoms with Gasteiger partial charge in [-0.3, -0.25) is 0 Å². The first-order valence-electron chi connectivity index (χ1n) is 6.48. The molecular weight excluding hydrogens is 351 g/mol. The third-order valence-corrected chi connectivity index (χ3v) is 5.58. The van der Waals surface area contributed by atoms with E-state index in [-0.39, 0.29) is 16.0 Å².